The fourth-order valence-corrected chi connectivity index (χ4v) is 4.86. The maximum Gasteiger partial charge on any atom is 0.236 e. The van der Waals surface area contributed by atoms with Crippen LogP contribution in [0.2, 0.25) is 0 Å². The number of aromatic nitrogens is 4. The first-order chi connectivity index (χ1) is 14.5. The van der Waals surface area contributed by atoms with E-state index in [-0.39, 0.29) is 11.7 Å². The molecule has 2 heterocycles. The summed E-state index contributed by atoms with van der Waals surface area (Å²) in [5.41, 5.74) is 2.25. The highest BCUT2D eigenvalue weighted by molar-refractivity contribution is 7.99. The lowest BCUT2D eigenvalue weighted by Crippen LogP contribution is -2.23. The largest absolute Gasteiger partial charge is 0.360 e. The Morgan fingerprint density at radius 1 is 1.23 bits per heavy atom. The molecule has 2 atom stereocenters. The molecule has 1 amide bonds. The third-order valence-electron chi connectivity index (χ3n) is 5.57. The Morgan fingerprint density at radius 2 is 2.07 bits per heavy atom. The van der Waals surface area contributed by atoms with E-state index in [1.165, 1.54) is 36.6 Å². The highest BCUT2D eigenvalue weighted by atomic mass is 32.2. The van der Waals surface area contributed by atoms with E-state index in [9.17, 15) is 4.79 Å². The molecule has 0 aliphatic heterocycles. The van der Waals surface area contributed by atoms with Crippen LogP contribution in [0.15, 0.2) is 40.0 Å². The summed E-state index contributed by atoms with van der Waals surface area (Å²) in [6.45, 7) is 6.18. The van der Waals surface area contributed by atoms with E-state index in [1.807, 2.05) is 6.07 Å². The predicted molar refractivity (Wildman–Crippen MR) is 117 cm³/mol. The number of nitrogens with zero attached hydrogens (tertiary/aromatic N) is 4. The van der Waals surface area contributed by atoms with E-state index < -0.39 is 0 Å². The van der Waals surface area contributed by atoms with Crippen LogP contribution in [0.25, 0.3) is 11.4 Å². The summed E-state index contributed by atoms with van der Waals surface area (Å²) in [6, 6.07) is 10.4. The molecule has 1 N–H and O–H groups in total. The third kappa shape index (κ3) is 4.59. The van der Waals surface area contributed by atoms with Crippen LogP contribution in [-0.4, -0.2) is 31.6 Å². The molecule has 0 spiro atoms. The van der Waals surface area contributed by atoms with Crippen molar-refractivity contribution in [3.05, 3.63) is 41.7 Å². The number of thioether (sulfide) groups is 1. The van der Waals surface area contributed by atoms with Gasteiger partial charge in [-0.2, -0.15) is 0 Å². The number of aryl methyl sites for hydroxylation is 2. The van der Waals surface area contributed by atoms with Gasteiger partial charge in [-0.3, -0.25) is 9.36 Å². The van der Waals surface area contributed by atoms with Crippen LogP contribution in [0.3, 0.4) is 0 Å². The Morgan fingerprint density at radius 3 is 2.80 bits per heavy atom. The van der Waals surface area contributed by atoms with Gasteiger partial charge in [-0.25, -0.2) is 0 Å². The minimum absolute atomic E-state index is 0.142. The van der Waals surface area contributed by atoms with Gasteiger partial charge in [0.1, 0.15) is 5.76 Å². The van der Waals surface area contributed by atoms with E-state index in [4.69, 9.17) is 4.52 Å². The maximum absolute atomic E-state index is 12.4. The van der Waals surface area contributed by atoms with Crippen molar-refractivity contribution in [1.29, 1.82) is 0 Å². The first-order valence-electron chi connectivity index (χ1n) is 10.4. The van der Waals surface area contributed by atoms with Gasteiger partial charge in [0.2, 0.25) is 5.91 Å². The molecule has 7 nitrogen and oxygen atoms in total. The zero-order valence-electron chi connectivity index (χ0n) is 17.6. The summed E-state index contributed by atoms with van der Waals surface area (Å²) in [7, 11) is 0. The van der Waals surface area contributed by atoms with Crippen molar-refractivity contribution in [2.75, 3.05) is 11.1 Å². The SMILES string of the molecule is Cc1cccc(-c2nnc(SCC(=O)Nc3cc(C)on3)n2[C@@H]2CCCC[C@H]2C)c1. The Bertz CT molecular complexity index is 1030. The van der Waals surface area contributed by atoms with Crippen LogP contribution in [0.1, 0.15) is 50.0 Å². The van der Waals surface area contributed by atoms with Crippen LogP contribution >= 0.6 is 11.8 Å². The van der Waals surface area contributed by atoms with Crippen LogP contribution in [0.4, 0.5) is 5.82 Å². The molecule has 1 saturated carbocycles. The first kappa shape index (κ1) is 20.7. The molecule has 158 valence electrons. The maximum atomic E-state index is 12.4. The highest BCUT2D eigenvalue weighted by Gasteiger charge is 2.29. The minimum Gasteiger partial charge on any atom is -0.360 e. The number of rotatable bonds is 6. The van der Waals surface area contributed by atoms with Gasteiger partial charge >= 0.3 is 0 Å². The normalized spacial score (nSPS) is 19.0. The van der Waals surface area contributed by atoms with Gasteiger partial charge in [0, 0.05) is 17.7 Å². The van der Waals surface area contributed by atoms with E-state index >= 15 is 0 Å². The summed E-state index contributed by atoms with van der Waals surface area (Å²) in [5, 5.41) is 16.4. The number of benzene rings is 1. The molecule has 30 heavy (non-hydrogen) atoms. The molecular weight excluding hydrogens is 398 g/mol. The monoisotopic (exact) mass is 425 g/mol. The molecule has 1 fully saturated rings. The first-order valence-corrected chi connectivity index (χ1v) is 11.4. The summed E-state index contributed by atoms with van der Waals surface area (Å²) < 4.78 is 7.26. The number of carbonyl (C=O) groups excluding carboxylic acids is 1. The molecule has 0 unspecified atom stereocenters. The summed E-state index contributed by atoms with van der Waals surface area (Å²) in [4.78, 5) is 12.4. The van der Waals surface area contributed by atoms with Gasteiger partial charge in [-0.15, -0.1) is 10.2 Å². The van der Waals surface area contributed by atoms with Crippen molar-refractivity contribution >= 4 is 23.5 Å². The van der Waals surface area contributed by atoms with E-state index in [1.54, 1.807) is 13.0 Å². The molecule has 1 aliphatic rings. The standard InChI is InChI=1S/C22H27N5O2S/c1-14-7-6-9-17(11-14)21-24-25-22(27(21)18-10-5-4-8-15(18)2)30-13-20(28)23-19-12-16(3)29-26-19/h6-7,9,11-12,15,18H,4-5,8,10,13H2,1-3H3,(H,23,26,28)/t15-,18-/m1/s1. The molecule has 2 aromatic heterocycles. The molecule has 8 heteroatoms. The van der Waals surface area contributed by atoms with Crippen molar-refractivity contribution in [3.8, 4) is 11.4 Å². The molecule has 3 aromatic rings. The lowest BCUT2D eigenvalue weighted by atomic mass is 9.85. The Hall–Kier alpha value is -2.61. The number of nitrogens with one attached hydrogen (secondary N) is 1. The lowest BCUT2D eigenvalue weighted by molar-refractivity contribution is -0.113. The van der Waals surface area contributed by atoms with Gasteiger partial charge in [0.05, 0.1) is 5.75 Å². The fourth-order valence-electron chi connectivity index (χ4n) is 4.07. The van der Waals surface area contributed by atoms with Gasteiger partial charge in [-0.1, -0.05) is 60.4 Å². The fraction of sp³-hybridized carbons (Fsp3) is 0.455. The zero-order valence-corrected chi connectivity index (χ0v) is 18.4. The number of amides is 1. The molecule has 0 bridgehead atoms. The van der Waals surface area contributed by atoms with Crippen molar-refractivity contribution in [3.63, 3.8) is 0 Å². The van der Waals surface area contributed by atoms with Gasteiger partial charge in [0.25, 0.3) is 0 Å². The van der Waals surface area contributed by atoms with E-state index in [0.717, 1.165) is 23.0 Å². The lowest BCUT2D eigenvalue weighted by Gasteiger charge is -2.31. The van der Waals surface area contributed by atoms with Crippen molar-refractivity contribution in [1.82, 2.24) is 19.9 Å². The number of hydrogen-bond donors (Lipinski definition) is 1. The average Bonchev–Trinajstić information content (AvgIpc) is 3.33. The molecular formula is C22H27N5O2S. The van der Waals surface area contributed by atoms with Gasteiger partial charge < -0.3 is 9.84 Å². The molecule has 0 radical (unpaired) electrons. The number of hydrogen-bond acceptors (Lipinski definition) is 6. The van der Waals surface area contributed by atoms with Crippen molar-refractivity contribution in [2.24, 2.45) is 5.92 Å². The van der Waals surface area contributed by atoms with Gasteiger partial charge in [-0.05, 0) is 38.7 Å². The average molecular weight is 426 g/mol. The Balaban J connectivity index is 1.58. The summed E-state index contributed by atoms with van der Waals surface area (Å²) in [6.07, 6.45) is 4.78. The summed E-state index contributed by atoms with van der Waals surface area (Å²) in [5.74, 6) is 2.61. The second kappa shape index (κ2) is 9.04. The van der Waals surface area contributed by atoms with Crippen LogP contribution in [0.5, 0.6) is 0 Å². The Labute approximate surface area is 180 Å². The summed E-state index contributed by atoms with van der Waals surface area (Å²) >= 11 is 1.42. The van der Waals surface area contributed by atoms with E-state index in [0.29, 0.717) is 23.5 Å². The van der Waals surface area contributed by atoms with Crippen LogP contribution in [-0.2, 0) is 4.79 Å². The second-order valence-corrected chi connectivity index (χ2v) is 8.98. The van der Waals surface area contributed by atoms with Crippen molar-refractivity contribution in [2.45, 2.75) is 57.7 Å². The van der Waals surface area contributed by atoms with Crippen LogP contribution in [0, 0.1) is 19.8 Å². The minimum atomic E-state index is -0.142. The second-order valence-electron chi connectivity index (χ2n) is 8.03. The molecule has 1 aliphatic carbocycles. The van der Waals surface area contributed by atoms with E-state index in [2.05, 4.69) is 57.3 Å². The van der Waals surface area contributed by atoms with Crippen molar-refractivity contribution < 1.29 is 9.32 Å². The topological polar surface area (TPSA) is 85.8 Å². The molecule has 4 rings (SSSR count). The number of anilines is 1. The quantitative estimate of drug-likeness (QED) is 0.557. The number of carbonyl (C=O) groups is 1. The van der Waals surface area contributed by atoms with Gasteiger partial charge in [0.15, 0.2) is 16.8 Å². The third-order valence-corrected chi connectivity index (χ3v) is 6.51. The molecule has 0 saturated heterocycles. The van der Waals surface area contributed by atoms with Crippen LogP contribution < -0.4 is 5.32 Å². The Kier molecular flexibility index (Phi) is 6.22. The predicted octanol–water partition coefficient (Wildman–Crippen LogP) is 5.03. The molecule has 1 aromatic carbocycles. The smallest absolute Gasteiger partial charge is 0.236 e. The highest BCUT2D eigenvalue weighted by Crippen LogP contribution is 2.39. The zero-order chi connectivity index (χ0) is 21.1.